The number of nitrogens with two attached hydrogens (primary N) is 1. The van der Waals surface area contributed by atoms with Crippen LogP contribution in [0.4, 0.5) is 13.2 Å². The highest BCUT2D eigenvalue weighted by Gasteiger charge is 2.34. The Bertz CT molecular complexity index is 658. The van der Waals surface area contributed by atoms with E-state index in [-0.39, 0.29) is 43.7 Å². The Kier molecular flexibility index (Phi) is 8.52. The Morgan fingerprint density at radius 2 is 2.04 bits per heavy atom. The predicted octanol–water partition coefficient (Wildman–Crippen LogP) is 1.71. The van der Waals surface area contributed by atoms with Crippen LogP contribution in [0.1, 0.15) is 24.0 Å². The lowest BCUT2D eigenvalue weighted by atomic mass is 10.1. The fourth-order valence-electron chi connectivity index (χ4n) is 2.79. The molecule has 1 heterocycles. The van der Waals surface area contributed by atoms with Crippen LogP contribution in [0.3, 0.4) is 0 Å². The fourth-order valence-corrected chi connectivity index (χ4v) is 2.79. The molecule has 1 fully saturated rings. The van der Waals surface area contributed by atoms with Crippen LogP contribution in [0, 0.1) is 0 Å². The highest BCUT2D eigenvalue weighted by atomic mass is 35.5. The number of benzene rings is 1. The van der Waals surface area contributed by atoms with Crippen molar-refractivity contribution in [3.63, 3.8) is 0 Å². The van der Waals surface area contributed by atoms with Crippen LogP contribution in [0.15, 0.2) is 24.3 Å². The summed E-state index contributed by atoms with van der Waals surface area (Å²) in [6.07, 6.45) is -4.34. The molecule has 1 aromatic carbocycles. The number of ether oxygens (including phenoxy) is 1. The molecule has 3 N–H and O–H groups in total. The van der Waals surface area contributed by atoms with E-state index in [0.29, 0.717) is 12.8 Å². The van der Waals surface area contributed by atoms with Gasteiger partial charge in [0.05, 0.1) is 18.2 Å². The smallest absolute Gasteiger partial charge is 0.364 e. The number of halogens is 4. The fraction of sp³-hybridized carbons (Fsp3) is 0.529. The van der Waals surface area contributed by atoms with E-state index in [2.05, 4.69) is 5.32 Å². The first-order valence-electron chi connectivity index (χ1n) is 8.25. The summed E-state index contributed by atoms with van der Waals surface area (Å²) in [6.45, 7) is -0.102. The Morgan fingerprint density at radius 3 is 2.59 bits per heavy atom. The zero-order valence-electron chi connectivity index (χ0n) is 14.8. The highest BCUT2D eigenvalue weighted by Crippen LogP contribution is 2.30. The maximum atomic E-state index is 12.9. The summed E-state index contributed by atoms with van der Waals surface area (Å²) in [5.74, 6) is -0.847. The first kappa shape index (κ1) is 23.2. The summed E-state index contributed by atoms with van der Waals surface area (Å²) in [7, 11) is 1.42. The molecule has 2 rings (SSSR count). The minimum Gasteiger partial charge on any atom is -0.364 e. The number of carbonyl (C=O) groups is 2. The number of rotatable bonds is 6. The number of likely N-dealkylation sites (N-methyl/N-ethyl adjacent to an activating group) is 1. The first-order chi connectivity index (χ1) is 12.2. The van der Waals surface area contributed by atoms with E-state index in [1.54, 1.807) is 0 Å². The molecule has 2 amide bonds. The molecule has 2 atom stereocenters. The molecule has 1 aliphatic heterocycles. The van der Waals surface area contributed by atoms with E-state index < -0.39 is 29.7 Å². The second kappa shape index (κ2) is 9.91. The summed E-state index contributed by atoms with van der Waals surface area (Å²) < 4.78 is 44.2. The lowest BCUT2D eigenvalue weighted by Gasteiger charge is -2.25. The average molecular weight is 410 g/mol. The Morgan fingerprint density at radius 1 is 1.33 bits per heavy atom. The van der Waals surface area contributed by atoms with Crippen molar-refractivity contribution >= 4 is 24.2 Å². The summed E-state index contributed by atoms with van der Waals surface area (Å²) in [4.78, 5) is 25.6. The number of nitrogens with one attached hydrogen (secondary N) is 1. The summed E-state index contributed by atoms with van der Waals surface area (Å²) in [5, 5.41) is 2.41. The molecular formula is C17H23ClF3N3O3. The zero-order valence-corrected chi connectivity index (χ0v) is 15.6. The molecule has 6 nitrogen and oxygen atoms in total. The summed E-state index contributed by atoms with van der Waals surface area (Å²) >= 11 is 0. The molecule has 0 bridgehead atoms. The molecule has 27 heavy (non-hydrogen) atoms. The minimum atomic E-state index is -4.48. The van der Waals surface area contributed by atoms with Crippen molar-refractivity contribution < 1.29 is 27.5 Å². The first-order valence-corrected chi connectivity index (χ1v) is 8.25. The number of hydrogen-bond donors (Lipinski definition) is 2. The molecule has 1 aromatic rings. The van der Waals surface area contributed by atoms with Crippen LogP contribution >= 0.6 is 12.4 Å². The van der Waals surface area contributed by atoms with E-state index >= 15 is 0 Å². The van der Waals surface area contributed by atoms with Crippen molar-refractivity contribution in [1.29, 1.82) is 0 Å². The van der Waals surface area contributed by atoms with Gasteiger partial charge in [0.1, 0.15) is 6.10 Å². The molecule has 1 aliphatic rings. The van der Waals surface area contributed by atoms with E-state index in [0.717, 1.165) is 12.1 Å². The van der Waals surface area contributed by atoms with Gasteiger partial charge in [-0.25, -0.2) is 0 Å². The molecule has 10 heteroatoms. The molecule has 0 aromatic heterocycles. The number of carbonyl (C=O) groups excluding carboxylic acids is 2. The van der Waals surface area contributed by atoms with E-state index in [1.165, 1.54) is 24.1 Å². The van der Waals surface area contributed by atoms with Crippen LogP contribution in [0.25, 0.3) is 0 Å². The highest BCUT2D eigenvalue weighted by molar-refractivity contribution is 5.87. The van der Waals surface area contributed by atoms with E-state index in [1.807, 2.05) is 0 Å². The van der Waals surface area contributed by atoms with Crippen LogP contribution < -0.4 is 11.1 Å². The number of nitrogens with zero attached hydrogens (tertiary/aromatic N) is 1. The topological polar surface area (TPSA) is 84.7 Å². The van der Waals surface area contributed by atoms with Crippen molar-refractivity contribution in [2.45, 2.75) is 37.8 Å². The van der Waals surface area contributed by atoms with Gasteiger partial charge in [0.25, 0.3) is 5.91 Å². The lowest BCUT2D eigenvalue weighted by Crippen LogP contribution is -2.44. The Balaban J connectivity index is 0.00000364. The van der Waals surface area contributed by atoms with Crippen molar-refractivity contribution in [1.82, 2.24) is 10.2 Å². The Labute approximate surface area is 161 Å². The van der Waals surface area contributed by atoms with E-state index in [4.69, 9.17) is 10.5 Å². The predicted molar refractivity (Wildman–Crippen MR) is 95.1 cm³/mol. The summed E-state index contributed by atoms with van der Waals surface area (Å²) in [6, 6.07) is 4.69. The molecule has 0 saturated carbocycles. The molecule has 1 saturated heterocycles. The molecule has 0 radical (unpaired) electrons. The quantitative estimate of drug-likeness (QED) is 0.749. The molecule has 0 aliphatic carbocycles. The zero-order chi connectivity index (χ0) is 19.3. The molecule has 0 spiro atoms. The third-order valence-corrected chi connectivity index (χ3v) is 4.20. The number of alkyl halides is 3. The van der Waals surface area contributed by atoms with Gasteiger partial charge in [0, 0.05) is 20.1 Å². The monoisotopic (exact) mass is 409 g/mol. The van der Waals surface area contributed by atoms with Crippen LogP contribution in [-0.4, -0.2) is 49.1 Å². The van der Waals surface area contributed by atoms with E-state index in [9.17, 15) is 22.8 Å². The van der Waals surface area contributed by atoms with Crippen LogP contribution in [0.5, 0.6) is 0 Å². The minimum absolute atomic E-state index is 0. The van der Waals surface area contributed by atoms with Crippen LogP contribution in [-0.2, 0) is 27.0 Å². The maximum Gasteiger partial charge on any atom is 0.416 e. The van der Waals surface area contributed by atoms with Crippen molar-refractivity contribution in [3.8, 4) is 0 Å². The van der Waals surface area contributed by atoms with Gasteiger partial charge in [-0.3, -0.25) is 9.59 Å². The van der Waals surface area contributed by atoms with Gasteiger partial charge in [-0.1, -0.05) is 12.1 Å². The van der Waals surface area contributed by atoms with Crippen molar-refractivity contribution in [3.05, 3.63) is 35.4 Å². The Hall–Kier alpha value is -1.84. The summed E-state index contributed by atoms with van der Waals surface area (Å²) in [5.41, 5.74) is 5.01. The third kappa shape index (κ3) is 6.37. The average Bonchev–Trinajstić information content (AvgIpc) is 3.09. The van der Waals surface area contributed by atoms with Gasteiger partial charge in [-0.15, -0.1) is 12.4 Å². The lowest BCUT2D eigenvalue weighted by molar-refractivity contribution is -0.146. The van der Waals surface area contributed by atoms with Gasteiger partial charge in [-0.05, 0) is 30.5 Å². The van der Waals surface area contributed by atoms with Crippen molar-refractivity contribution in [2.75, 3.05) is 20.1 Å². The normalized spacial score (nSPS) is 19.3. The second-order valence-corrected chi connectivity index (χ2v) is 6.13. The maximum absolute atomic E-state index is 12.9. The standard InChI is InChI=1S/C17H22F3N3O3.ClH/c1-22-15(24)10-23(16(25)14-6-5-13(8-21)26-14)9-11-3-2-4-12(7-11)17(18,19)20;/h2-4,7,13-14H,5-6,8-10,21H2,1H3,(H,22,24);1H/t13-,14+;/m1./s1. The largest absolute Gasteiger partial charge is 0.416 e. The van der Waals surface area contributed by atoms with Gasteiger partial charge in [0.2, 0.25) is 5.91 Å². The third-order valence-electron chi connectivity index (χ3n) is 4.20. The SMILES string of the molecule is CNC(=O)CN(Cc1cccc(C(F)(F)F)c1)C(=O)[C@@H]1CC[C@H](CN)O1.Cl. The molecule has 152 valence electrons. The molecule has 0 unspecified atom stereocenters. The number of hydrogen-bond acceptors (Lipinski definition) is 4. The van der Waals surface area contributed by atoms with Crippen molar-refractivity contribution in [2.24, 2.45) is 5.73 Å². The second-order valence-electron chi connectivity index (χ2n) is 6.13. The van der Waals surface area contributed by atoms with Gasteiger partial charge in [0.15, 0.2) is 0 Å². The van der Waals surface area contributed by atoms with Gasteiger partial charge >= 0.3 is 6.18 Å². The van der Waals surface area contributed by atoms with Gasteiger partial charge in [-0.2, -0.15) is 13.2 Å². The molecular weight excluding hydrogens is 387 g/mol. The van der Waals surface area contributed by atoms with Crippen LogP contribution in [0.2, 0.25) is 0 Å². The van der Waals surface area contributed by atoms with Gasteiger partial charge < -0.3 is 20.7 Å². The number of amides is 2.